The smallest absolute Gasteiger partial charge is 0.263 e. The summed E-state index contributed by atoms with van der Waals surface area (Å²) in [6.45, 7) is 2.30. The normalized spacial score (nSPS) is 11.5. The number of benzene rings is 1. The van der Waals surface area contributed by atoms with Crippen LogP contribution in [0, 0.1) is 6.92 Å². The van der Waals surface area contributed by atoms with E-state index in [0.717, 1.165) is 11.1 Å². The minimum Gasteiger partial charge on any atom is -0.327 e. The van der Waals surface area contributed by atoms with Gasteiger partial charge in [0.15, 0.2) is 0 Å². The van der Waals surface area contributed by atoms with Crippen molar-refractivity contribution in [2.45, 2.75) is 13.3 Å². The van der Waals surface area contributed by atoms with Gasteiger partial charge in [0.05, 0.1) is 0 Å². The first kappa shape index (κ1) is 10.9. The molecule has 1 nitrogen and oxygen atoms in total. The predicted octanol–water partition coefficient (Wildman–Crippen LogP) is 2.90. The Labute approximate surface area is 82.2 Å². The molecule has 0 heterocycles. The Morgan fingerprint density at radius 3 is 2.71 bits per heavy atom. The van der Waals surface area contributed by atoms with Crippen LogP contribution in [0.15, 0.2) is 24.3 Å². The Balaban J connectivity index is 3.02. The Morgan fingerprint density at radius 1 is 1.43 bits per heavy atom. The molecule has 0 aromatic heterocycles. The van der Waals surface area contributed by atoms with E-state index in [4.69, 9.17) is 5.73 Å². The van der Waals surface area contributed by atoms with E-state index >= 15 is 0 Å². The van der Waals surface area contributed by atoms with Gasteiger partial charge in [0.25, 0.3) is 6.43 Å². The summed E-state index contributed by atoms with van der Waals surface area (Å²) in [7, 11) is 0. The van der Waals surface area contributed by atoms with E-state index in [1.165, 1.54) is 12.1 Å². The molecule has 0 aliphatic rings. The van der Waals surface area contributed by atoms with Crippen LogP contribution in [-0.4, -0.2) is 6.54 Å². The second-order valence-corrected chi connectivity index (χ2v) is 3.05. The Morgan fingerprint density at radius 2 is 2.14 bits per heavy atom. The van der Waals surface area contributed by atoms with Crippen molar-refractivity contribution < 1.29 is 8.78 Å². The Kier molecular flexibility index (Phi) is 3.77. The third-order valence-electron chi connectivity index (χ3n) is 1.99. The lowest BCUT2D eigenvalue weighted by Gasteiger charge is -2.04. The predicted molar refractivity (Wildman–Crippen MR) is 54.2 cm³/mol. The Bertz CT molecular complexity index is 332. The summed E-state index contributed by atoms with van der Waals surface area (Å²) < 4.78 is 24.7. The molecule has 0 saturated heterocycles. The van der Waals surface area contributed by atoms with Crippen molar-refractivity contribution in [3.63, 3.8) is 0 Å². The summed E-state index contributed by atoms with van der Waals surface area (Å²) in [5.41, 5.74) is 7.11. The van der Waals surface area contributed by atoms with Gasteiger partial charge >= 0.3 is 0 Å². The quantitative estimate of drug-likeness (QED) is 0.792. The van der Waals surface area contributed by atoms with Gasteiger partial charge in [-0.05, 0) is 24.1 Å². The molecular formula is C11H13F2N. The maximum atomic E-state index is 12.4. The van der Waals surface area contributed by atoms with Crippen molar-refractivity contribution in [1.82, 2.24) is 0 Å². The van der Waals surface area contributed by atoms with Crippen molar-refractivity contribution in [3.05, 3.63) is 41.0 Å². The minimum absolute atomic E-state index is 0.0484. The fourth-order valence-electron chi connectivity index (χ4n) is 1.17. The summed E-state index contributed by atoms with van der Waals surface area (Å²) in [5.74, 6) is 0. The van der Waals surface area contributed by atoms with Crippen LogP contribution in [0.3, 0.4) is 0 Å². The van der Waals surface area contributed by atoms with E-state index < -0.39 is 6.43 Å². The molecule has 1 aromatic carbocycles. The molecule has 0 spiro atoms. The molecule has 0 unspecified atom stereocenters. The molecule has 0 aliphatic carbocycles. The van der Waals surface area contributed by atoms with Crippen LogP contribution in [0.1, 0.15) is 23.1 Å². The van der Waals surface area contributed by atoms with E-state index in [9.17, 15) is 8.78 Å². The minimum atomic E-state index is -2.42. The second kappa shape index (κ2) is 4.86. The van der Waals surface area contributed by atoms with Crippen LogP contribution >= 0.6 is 0 Å². The summed E-state index contributed by atoms with van der Waals surface area (Å²) in [6, 6.07) is 4.63. The fourth-order valence-corrected chi connectivity index (χ4v) is 1.17. The molecule has 1 rings (SSSR count). The van der Waals surface area contributed by atoms with E-state index in [2.05, 4.69) is 0 Å². The van der Waals surface area contributed by atoms with Crippen LogP contribution < -0.4 is 5.73 Å². The lowest BCUT2D eigenvalue weighted by Crippen LogP contribution is -1.93. The highest BCUT2D eigenvalue weighted by molar-refractivity contribution is 5.54. The molecule has 0 saturated carbocycles. The highest BCUT2D eigenvalue weighted by Crippen LogP contribution is 2.22. The number of alkyl halides is 2. The highest BCUT2D eigenvalue weighted by Gasteiger charge is 2.07. The fraction of sp³-hybridized carbons (Fsp3) is 0.273. The molecule has 1 aromatic rings. The molecule has 3 heteroatoms. The lowest BCUT2D eigenvalue weighted by atomic mass is 10.0. The van der Waals surface area contributed by atoms with E-state index in [1.807, 2.05) is 6.92 Å². The number of nitrogens with two attached hydrogens (primary N) is 1. The van der Waals surface area contributed by atoms with Crippen molar-refractivity contribution in [3.8, 4) is 0 Å². The third kappa shape index (κ3) is 2.64. The van der Waals surface area contributed by atoms with Gasteiger partial charge < -0.3 is 5.73 Å². The second-order valence-electron chi connectivity index (χ2n) is 3.05. The van der Waals surface area contributed by atoms with Gasteiger partial charge in [-0.2, -0.15) is 0 Å². The van der Waals surface area contributed by atoms with Crippen LogP contribution in [0.2, 0.25) is 0 Å². The third-order valence-corrected chi connectivity index (χ3v) is 1.99. The van der Waals surface area contributed by atoms with Gasteiger partial charge in [-0.3, -0.25) is 0 Å². The number of halogens is 2. The molecule has 2 N–H and O–H groups in total. The number of aryl methyl sites for hydroxylation is 1. The molecule has 14 heavy (non-hydrogen) atoms. The van der Waals surface area contributed by atoms with Crippen molar-refractivity contribution in [2.75, 3.05) is 6.54 Å². The molecule has 0 atom stereocenters. The van der Waals surface area contributed by atoms with Crippen LogP contribution in [0.5, 0.6) is 0 Å². The lowest BCUT2D eigenvalue weighted by molar-refractivity contribution is 0.151. The number of hydrogen-bond donors (Lipinski definition) is 1. The van der Waals surface area contributed by atoms with Gasteiger partial charge in [-0.1, -0.05) is 24.3 Å². The van der Waals surface area contributed by atoms with Crippen molar-refractivity contribution in [1.29, 1.82) is 0 Å². The first-order valence-electron chi connectivity index (χ1n) is 4.40. The standard InChI is InChI=1S/C11H13F2N/c1-8-4-5-10(11(12)13)7-9(8)3-2-6-14/h2-5,7,11H,6,14H2,1H3/b3-2+. The maximum absolute atomic E-state index is 12.4. The number of rotatable bonds is 3. The zero-order valence-corrected chi connectivity index (χ0v) is 8.00. The maximum Gasteiger partial charge on any atom is 0.263 e. The van der Waals surface area contributed by atoms with Crippen molar-refractivity contribution >= 4 is 6.08 Å². The zero-order chi connectivity index (χ0) is 10.6. The van der Waals surface area contributed by atoms with Gasteiger partial charge in [0, 0.05) is 12.1 Å². The van der Waals surface area contributed by atoms with E-state index in [1.54, 1.807) is 18.2 Å². The summed E-state index contributed by atoms with van der Waals surface area (Å²) in [6.07, 6.45) is 1.10. The van der Waals surface area contributed by atoms with Crippen LogP contribution in [0.25, 0.3) is 6.08 Å². The van der Waals surface area contributed by atoms with Gasteiger partial charge in [0.1, 0.15) is 0 Å². The van der Waals surface area contributed by atoms with E-state index in [-0.39, 0.29) is 5.56 Å². The molecule has 0 radical (unpaired) electrons. The number of hydrogen-bond acceptors (Lipinski definition) is 1. The summed E-state index contributed by atoms with van der Waals surface area (Å²) in [4.78, 5) is 0. The van der Waals surface area contributed by atoms with Crippen molar-refractivity contribution in [2.24, 2.45) is 5.73 Å². The Hall–Kier alpha value is -1.22. The zero-order valence-electron chi connectivity index (χ0n) is 8.00. The average molecular weight is 197 g/mol. The highest BCUT2D eigenvalue weighted by atomic mass is 19.3. The monoisotopic (exact) mass is 197 g/mol. The molecule has 0 aliphatic heterocycles. The molecule has 76 valence electrons. The van der Waals surface area contributed by atoms with E-state index in [0.29, 0.717) is 6.54 Å². The molecule has 0 amide bonds. The van der Waals surface area contributed by atoms with Crippen LogP contribution in [0.4, 0.5) is 8.78 Å². The topological polar surface area (TPSA) is 26.0 Å². The first-order chi connectivity index (χ1) is 6.65. The molecule has 0 bridgehead atoms. The largest absolute Gasteiger partial charge is 0.327 e. The summed E-state index contributed by atoms with van der Waals surface area (Å²) in [5, 5.41) is 0. The summed E-state index contributed by atoms with van der Waals surface area (Å²) >= 11 is 0. The van der Waals surface area contributed by atoms with Gasteiger partial charge in [-0.15, -0.1) is 0 Å². The van der Waals surface area contributed by atoms with Gasteiger partial charge in [0.2, 0.25) is 0 Å². The average Bonchev–Trinajstić information content (AvgIpc) is 2.16. The molecule has 0 fully saturated rings. The SMILES string of the molecule is Cc1ccc(C(F)F)cc1/C=C/CN. The molecular weight excluding hydrogens is 184 g/mol. The van der Waals surface area contributed by atoms with Gasteiger partial charge in [-0.25, -0.2) is 8.78 Å². The first-order valence-corrected chi connectivity index (χ1v) is 4.40. The van der Waals surface area contributed by atoms with Crippen LogP contribution in [-0.2, 0) is 0 Å².